The largest absolute Gasteiger partial charge is 0.301 e. The summed E-state index contributed by atoms with van der Waals surface area (Å²) < 4.78 is 5.07. The molecule has 0 aromatic heterocycles. The van der Waals surface area contributed by atoms with Crippen molar-refractivity contribution >= 4 is 6.29 Å². The highest BCUT2D eigenvalue weighted by Gasteiger charge is 2.30. The van der Waals surface area contributed by atoms with Crippen LogP contribution >= 0.6 is 0 Å². The van der Waals surface area contributed by atoms with Crippen LogP contribution in [-0.2, 0) is 14.5 Å². The number of hydrogen-bond acceptors (Lipinski definition) is 5. The van der Waals surface area contributed by atoms with Gasteiger partial charge in [0.1, 0.15) is 6.07 Å². The summed E-state index contributed by atoms with van der Waals surface area (Å²) in [4.78, 5) is 20.1. The molecule has 15 heavy (non-hydrogen) atoms. The molecule has 2 atom stereocenters. The molecule has 1 aromatic rings. The molecular formula is C10H7NO4. The van der Waals surface area contributed by atoms with Gasteiger partial charge in [0.25, 0.3) is 6.29 Å². The Kier molecular flexibility index (Phi) is 2.74. The Labute approximate surface area is 85.7 Å². The van der Waals surface area contributed by atoms with Gasteiger partial charge in [0.05, 0.1) is 0 Å². The third kappa shape index (κ3) is 1.87. The van der Waals surface area contributed by atoms with Gasteiger partial charge in [0, 0.05) is 11.1 Å². The molecule has 1 saturated heterocycles. The summed E-state index contributed by atoms with van der Waals surface area (Å²) in [6.45, 7) is 0. The zero-order chi connectivity index (χ0) is 10.7. The van der Waals surface area contributed by atoms with Crippen LogP contribution in [0.2, 0.25) is 0 Å². The van der Waals surface area contributed by atoms with Gasteiger partial charge in [-0.25, -0.2) is 0 Å². The fourth-order valence-electron chi connectivity index (χ4n) is 1.27. The van der Waals surface area contributed by atoms with Gasteiger partial charge in [-0.2, -0.15) is 15.0 Å². The molecule has 0 aliphatic carbocycles. The summed E-state index contributed by atoms with van der Waals surface area (Å²) in [7, 11) is 0. The molecule has 0 saturated carbocycles. The number of aldehydes is 1. The summed E-state index contributed by atoms with van der Waals surface area (Å²) >= 11 is 0. The van der Waals surface area contributed by atoms with Crippen molar-refractivity contribution in [1.29, 1.82) is 5.26 Å². The molecule has 1 aromatic carbocycles. The predicted molar refractivity (Wildman–Crippen MR) is 47.2 cm³/mol. The third-order valence-corrected chi connectivity index (χ3v) is 1.96. The molecule has 76 valence electrons. The maximum atomic E-state index is 10.7. The molecule has 1 aliphatic rings. The second-order valence-corrected chi connectivity index (χ2v) is 2.87. The molecule has 2 rings (SSSR count). The average molecular weight is 205 g/mol. The zero-order valence-corrected chi connectivity index (χ0v) is 7.62. The predicted octanol–water partition coefficient (Wildman–Crippen LogP) is 1.33. The molecule has 5 nitrogen and oxygen atoms in total. The minimum atomic E-state index is -1.05. The van der Waals surface area contributed by atoms with E-state index in [1.807, 2.05) is 0 Å². The topological polar surface area (TPSA) is 68.5 Å². The first-order valence-corrected chi connectivity index (χ1v) is 4.26. The molecule has 0 radical (unpaired) electrons. The van der Waals surface area contributed by atoms with E-state index in [-0.39, 0.29) is 0 Å². The summed E-state index contributed by atoms with van der Waals surface area (Å²) in [5.74, 6) is 0. The van der Waals surface area contributed by atoms with E-state index in [4.69, 9.17) is 14.9 Å². The maximum absolute atomic E-state index is 10.7. The van der Waals surface area contributed by atoms with Gasteiger partial charge in [-0.1, -0.05) is 24.3 Å². The monoisotopic (exact) mass is 205 g/mol. The van der Waals surface area contributed by atoms with Gasteiger partial charge in [-0.05, 0) is 0 Å². The third-order valence-electron chi connectivity index (χ3n) is 1.96. The molecule has 1 heterocycles. The molecule has 1 aliphatic heterocycles. The number of benzene rings is 1. The SMILES string of the molecule is N#CC1OOC(c2ccccc2C=O)O1. The van der Waals surface area contributed by atoms with Gasteiger partial charge >= 0.3 is 0 Å². The quantitative estimate of drug-likeness (QED) is 0.538. The van der Waals surface area contributed by atoms with E-state index < -0.39 is 12.6 Å². The van der Waals surface area contributed by atoms with E-state index in [1.165, 1.54) is 0 Å². The second-order valence-electron chi connectivity index (χ2n) is 2.87. The van der Waals surface area contributed by atoms with E-state index in [2.05, 4.69) is 4.89 Å². The molecule has 1 fully saturated rings. The van der Waals surface area contributed by atoms with Gasteiger partial charge in [-0.3, -0.25) is 4.79 Å². The van der Waals surface area contributed by atoms with Gasteiger partial charge in [-0.15, -0.1) is 0 Å². The summed E-state index contributed by atoms with van der Waals surface area (Å²) in [6, 6.07) is 8.53. The minimum Gasteiger partial charge on any atom is -0.301 e. The van der Waals surface area contributed by atoms with Crippen molar-refractivity contribution in [1.82, 2.24) is 0 Å². The average Bonchev–Trinajstić information content (AvgIpc) is 2.77. The van der Waals surface area contributed by atoms with Crippen LogP contribution in [0.15, 0.2) is 24.3 Å². The molecule has 0 N–H and O–H groups in total. The molecular weight excluding hydrogens is 198 g/mol. The maximum Gasteiger partial charge on any atom is 0.282 e. The first-order valence-electron chi connectivity index (χ1n) is 4.26. The summed E-state index contributed by atoms with van der Waals surface area (Å²) in [5.41, 5.74) is 0.995. The van der Waals surface area contributed by atoms with Crippen LogP contribution in [0, 0.1) is 11.3 Å². The standard InChI is InChI=1S/C10H7NO4/c11-5-9-13-10(15-14-9)8-4-2-1-3-7(8)6-12/h1-4,6,9-10H. The van der Waals surface area contributed by atoms with Crippen molar-refractivity contribution in [2.75, 3.05) is 0 Å². The van der Waals surface area contributed by atoms with Crippen molar-refractivity contribution in [3.63, 3.8) is 0 Å². The number of nitrogens with zero attached hydrogens (tertiary/aromatic N) is 1. The Balaban J connectivity index is 2.24. The van der Waals surface area contributed by atoms with Crippen LogP contribution in [0.3, 0.4) is 0 Å². The highest BCUT2D eigenvalue weighted by Crippen LogP contribution is 2.29. The van der Waals surface area contributed by atoms with Gasteiger partial charge in [0.2, 0.25) is 6.29 Å². The van der Waals surface area contributed by atoms with Crippen molar-refractivity contribution in [2.24, 2.45) is 0 Å². The van der Waals surface area contributed by atoms with E-state index in [9.17, 15) is 4.79 Å². The highest BCUT2D eigenvalue weighted by atomic mass is 17.3. The van der Waals surface area contributed by atoms with Crippen LogP contribution in [0.1, 0.15) is 22.2 Å². The van der Waals surface area contributed by atoms with E-state index in [1.54, 1.807) is 30.3 Å². The number of hydrogen-bond donors (Lipinski definition) is 0. The van der Waals surface area contributed by atoms with E-state index >= 15 is 0 Å². The number of ether oxygens (including phenoxy) is 1. The van der Waals surface area contributed by atoms with Crippen LogP contribution in [0.5, 0.6) is 0 Å². The first kappa shape index (κ1) is 9.80. The normalized spacial score (nSPS) is 24.7. The van der Waals surface area contributed by atoms with Crippen LogP contribution in [-0.4, -0.2) is 12.6 Å². The molecule has 0 bridgehead atoms. The Morgan fingerprint density at radius 2 is 2.13 bits per heavy atom. The lowest BCUT2D eigenvalue weighted by atomic mass is 10.1. The lowest BCUT2D eigenvalue weighted by Gasteiger charge is -2.08. The Hall–Kier alpha value is -1.74. The van der Waals surface area contributed by atoms with Crippen molar-refractivity contribution < 1.29 is 19.3 Å². The lowest BCUT2D eigenvalue weighted by molar-refractivity contribution is -0.290. The van der Waals surface area contributed by atoms with Crippen molar-refractivity contribution in [3.05, 3.63) is 35.4 Å². The van der Waals surface area contributed by atoms with Crippen molar-refractivity contribution in [2.45, 2.75) is 12.6 Å². The van der Waals surface area contributed by atoms with Crippen molar-refractivity contribution in [3.8, 4) is 6.07 Å². The number of nitriles is 1. The second kappa shape index (κ2) is 4.19. The fourth-order valence-corrected chi connectivity index (χ4v) is 1.27. The number of carbonyl (C=O) groups excluding carboxylic acids is 1. The Morgan fingerprint density at radius 3 is 2.80 bits per heavy atom. The van der Waals surface area contributed by atoms with Crippen LogP contribution < -0.4 is 0 Å². The van der Waals surface area contributed by atoms with Gasteiger partial charge in [0.15, 0.2) is 6.29 Å². The highest BCUT2D eigenvalue weighted by molar-refractivity contribution is 5.77. The zero-order valence-electron chi connectivity index (χ0n) is 7.62. The van der Waals surface area contributed by atoms with E-state index in [0.29, 0.717) is 17.4 Å². The van der Waals surface area contributed by atoms with E-state index in [0.717, 1.165) is 0 Å². The summed E-state index contributed by atoms with van der Waals surface area (Å²) in [5, 5.41) is 8.51. The fraction of sp³-hybridized carbons (Fsp3) is 0.200. The Bertz CT molecular complexity index is 412. The van der Waals surface area contributed by atoms with Gasteiger partial charge < -0.3 is 4.74 Å². The summed E-state index contributed by atoms with van der Waals surface area (Å²) in [6.07, 6.45) is -1.17. The lowest BCUT2D eigenvalue weighted by Crippen LogP contribution is -2.05. The first-order chi connectivity index (χ1) is 7.35. The molecule has 0 spiro atoms. The molecule has 2 unspecified atom stereocenters. The smallest absolute Gasteiger partial charge is 0.282 e. The number of carbonyl (C=O) groups is 1. The van der Waals surface area contributed by atoms with Crippen LogP contribution in [0.25, 0.3) is 0 Å². The molecule has 0 amide bonds. The molecule has 5 heteroatoms. The Morgan fingerprint density at radius 1 is 1.33 bits per heavy atom. The number of rotatable bonds is 2. The minimum absolute atomic E-state index is 0.449. The van der Waals surface area contributed by atoms with Crippen LogP contribution in [0.4, 0.5) is 0 Å².